The minimum atomic E-state index is -0.393. The molecule has 101 valence electrons. The van der Waals surface area contributed by atoms with Crippen LogP contribution in [-0.4, -0.2) is 24.5 Å². The summed E-state index contributed by atoms with van der Waals surface area (Å²) in [4.78, 5) is 0. The lowest BCUT2D eigenvalue weighted by Gasteiger charge is -2.34. The molecule has 19 heavy (non-hydrogen) atoms. The van der Waals surface area contributed by atoms with Gasteiger partial charge in [0.15, 0.2) is 0 Å². The summed E-state index contributed by atoms with van der Waals surface area (Å²) < 4.78 is 13.3. The summed E-state index contributed by atoms with van der Waals surface area (Å²) in [6.45, 7) is 5.76. The van der Waals surface area contributed by atoms with Crippen LogP contribution in [0.3, 0.4) is 0 Å². The van der Waals surface area contributed by atoms with Gasteiger partial charge in [-0.3, -0.25) is 0 Å². The van der Waals surface area contributed by atoms with Crippen LogP contribution in [-0.2, 0) is 0 Å². The fourth-order valence-corrected chi connectivity index (χ4v) is 2.68. The van der Waals surface area contributed by atoms with E-state index in [0.717, 1.165) is 24.8 Å². The lowest BCUT2D eigenvalue weighted by atomic mass is 9.60. The number of nitrogens with one attached hydrogen (secondary N) is 1. The summed E-state index contributed by atoms with van der Waals surface area (Å²) in [5.74, 6) is 0.206. The molecule has 4 heteroatoms. The minimum Gasteiger partial charge on any atom is -0.391 e. The maximum Gasteiger partial charge on any atom is 0.125 e. The zero-order valence-electron chi connectivity index (χ0n) is 11.3. The molecule has 2 unspecified atom stereocenters. The van der Waals surface area contributed by atoms with E-state index < -0.39 is 6.10 Å². The molecule has 1 aromatic carbocycles. The van der Waals surface area contributed by atoms with Gasteiger partial charge >= 0.3 is 0 Å². The first kappa shape index (κ1) is 14.1. The monoisotopic (exact) mass is 260 g/mol. The summed E-state index contributed by atoms with van der Waals surface area (Å²) in [5, 5.41) is 13.4. The molecule has 3 atom stereocenters. The highest BCUT2D eigenvalue weighted by atomic mass is 19.1. The van der Waals surface area contributed by atoms with Crippen LogP contribution in [0.15, 0.2) is 24.8 Å². The van der Waals surface area contributed by atoms with Gasteiger partial charge in [0, 0.05) is 5.69 Å². The van der Waals surface area contributed by atoms with Crippen LogP contribution in [0.4, 0.5) is 10.1 Å². The average molecular weight is 260 g/mol. The standard InChI is InChI=1S/C15H20BFNO/c1-3-10-4-6-12(17)9-14(10)18-13-7-5-11(16-2)8-15(13)19/h3-4,6,9,11,13,15,18-19H,1,5,7-8H2,2H3/t11?,13-,15?/m1/s1. The van der Waals surface area contributed by atoms with E-state index in [-0.39, 0.29) is 11.9 Å². The minimum absolute atomic E-state index is 0.0169. The molecule has 1 aromatic rings. The van der Waals surface area contributed by atoms with Gasteiger partial charge in [0.25, 0.3) is 0 Å². The highest BCUT2D eigenvalue weighted by molar-refractivity contribution is 6.35. The normalized spacial score (nSPS) is 26.8. The molecule has 0 saturated heterocycles. The molecule has 0 amide bonds. The zero-order valence-corrected chi connectivity index (χ0v) is 11.3. The Kier molecular flexibility index (Phi) is 4.64. The van der Waals surface area contributed by atoms with E-state index in [1.165, 1.54) is 12.1 Å². The van der Waals surface area contributed by atoms with Gasteiger partial charge in [-0.25, -0.2) is 4.39 Å². The summed E-state index contributed by atoms with van der Waals surface area (Å²) in [6, 6.07) is 4.56. The second-order valence-electron chi connectivity index (χ2n) is 5.16. The summed E-state index contributed by atoms with van der Waals surface area (Å²) in [5.41, 5.74) is 1.57. The third-order valence-electron chi connectivity index (χ3n) is 3.90. The van der Waals surface area contributed by atoms with Crippen molar-refractivity contribution in [2.45, 2.75) is 44.0 Å². The molecule has 0 aliphatic heterocycles. The van der Waals surface area contributed by atoms with Crippen molar-refractivity contribution in [2.75, 3.05) is 5.32 Å². The van der Waals surface area contributed by atoms with E-state index in [4.69, 9.17) is 0 Å². The molecule has 0 heterocycles. The highest BCUT2D eigenvalue weighted by Crippen LogP contribution is 2.31. The SMILES string of the molecule is C=Cc1ccc(F)cc1N[C@@H]1CCC([B]C)CC1O. The van der Waals surface area contributed by atoms with Crippen molar-refractivity contribution in [3.63, 3.8) is 0 Å². The molecule has 0 spiro atoms. The maximum atomic E-state index is 13.3. The molecule has 1 saturated carbocycles. The lowest BCUT2D eigenvalue weighted by Crippen LogP contribution is -2.39. The lowest BCUT2D eigenvalue weighted by molar-refractivity contribution is 0.116. The van der Waals surface area contributed by atoms with Gasteiger partial charge in [0.05, 0.1) is 12.1 Å². The molecular formula is C15H20BFNO. The predicted molar refractivity (Wildman–Crippen MR) is 79.1 cm³/mol. The van der Waals surface area contributed by atoms with Crippen molar-refractivity contribution in [2.24, 2.45) is 0 Å². The van der Waals surface area contributed by atoms with Crippen molar-refractivity contribution in [1.29, 1.82) is 0 Å². The molecule has 0 aromatic heterocycles. The van der Waals surface area contributed by atoms with Crippen LogP contribution < -0.4 is 5.32 Å². The van der Waals surface area contributed by atoms with Gasteiger partial charge in [-0.15, -0.1) is 0 Å². The van der Waals surface area contributed by atoms with Crippen LogP contribution in [0, 0.1) is 5.82 Å². The third kappa shape index (κ3) is 3.38. The first-order valence-electron chi connectivity index (χ1n) is 6.80. The Bertz CT molecular complexity index is 452. The third-order valence-corrected chi connectivity index (χ3v) is 3.90. The number of rotatable bonds is 4. The fourth-order valence-electron chi connectivity index (χ4n) is 2.68. The van der Waals surface area contributed by atoms with Crippen molar-refractivity contribution in [3.8, 4) is 0 Å². The number of benzene rings is 1. The maximum absolute atomic E-state index is 13.3. The quantitative estimate of drug-likeness (QED) is 0.814. The molecule has 2 N–H and O–H groups in total. The molecular weight excluding hydrogens is 240 g/mol. The molecule has 2 nitrogen and oxygen atoms in total. The molecule has 1 radical (unpaired) electrons. The van der Waals surface area contributed by atoms with Gasteiger partial charge in [-0.2, -0.15) is 0 Å². The van der Waals surface area contributed by atoms with E-state index >= 15 is 0 Å². The van der Waals surface area contributed by atoms with Crippen molar-refractivity contribution in [3.05, 3.63) is 36.2 Å². The first-order chi connectivity index (χ1) is 9.13. The number of anilines is 1. The van der Waals surface area contributed by atoms with Gasteiger partial charge < -0.3 is 10.4 Å². The van der Waals surface area contributed by atoms with Crippen LogP contribution in [0.5, 0.6) is 0 Å². The van der Waals surface area contributed by atoms with Crippen LogP contribution in [0.25, 0.3) is 6.08 Å². The van der Waals surface area contributed by atoms with Crippen molar-refractivity contribution >= 4 is 19.0 Å². The van der Waals surface area contributed by atoms with Gasteiger partial charge in [-0.1, -0.05) is 37.8 Å². The molecule has 1 aliphatic rings. The average Bonchev–Trinajstić information content (AvgIpc) is 2.41. The Morgan fingerprint density at radius 3 is 2.89 bits per heavy atom. The first-order valence-corrected chi connectivity index (χ1v) is 6.80. The Morgan fingerprint density at radius 1 is 1.47 bits per heavy atom. The Balaban J connectivity index is 2.09. The molecule has 1 aliphatic carbocycles. The van der Waals surface area contributed by atoms with E-state index in [9.17, 15) is 9.50 Å². The van der Waals surface area contributed by atoms with Gasteiger partial charge in [-0.05, 0) is 30.5 Å². The molecule has 1 fully saturated rings. The second-order valence-corrected chi connectivity index (χ2v) is 5.16. The summed E-state index contributed by atoms with van der Waals surface area (Å²) in [7, 11) is 2.15. The van der Waals surface area contributed by atoms with Crippen LogP contribution in [0.2, 0.25) is 12.6 Å². The summed E-state index contributed by atoms with van der Waals surface area (Å²) in [6.07, 6.45) is 4.02. The predicted octanol–water partition coefficient (Wildman–Crippen LogP) is 3.33. The Labute approximate surface area is 115 Å². The van der Waals surface area contributed by atoms with Crippen LogP contribution >= 0.6 is 0 Å². The zero-order chi connectivity index (χ0) is 13.8. The number of aliphatic hydroxyl groups is 1. The smallest absolute Gasteiger partial charge is 0.125 e. The second kappa shape index (κ2) is 6.24. The fraction of sp³-hybridized carbons (Fsp3) is 0.467. The number of hydrogen-bond donors (Lipinski definition) is 2. The van der Waals surface area contributed by atoms with Crippen molar-refractivity contribution < 1.29 is 9.50 Å². The number of aliphatic hydroxyl groups excluding tert-OH is 1. The van der Waals surface area contributed by atoms with E-state index in [2.05, 4.69) is 19.2 Å². The van der Waals surface area contributed by atoms with Crippen molar-refractivity contribution in [1.82, 2.24) is 0 Å². The van der Waals surface area contributed by atoms with E-state index in [0.29, 0.717) is 11.5 Å². The Hall–Kier alpha value is -1.29. The Morgan fingerprint density at radius 2 is 2.26 bits per heavy atom. The van der Waals surface area contributed by atoms with E-state index in [1.807, 2.05) is 6.82 Å². The van der Waals surface area contributed by atoms with Gasteiger partial charge in [0.1, 0.15) is 13.1 Å². The molecule has 2 rings (SSSR count). The van der Waals surface area contributed by atoms with E-state index in [1.54, 1.807) is 12.1 Å². The van der Waals surface area contributed by atoms with Gasteiger partial charge in [0.2, 0.25) is 0 Å². The van der Waals surface area contributed by atoms with Crippen LogP contribution in [0.1, 0.15) is 24.8 Å². The number of halogens is 1. The topological polar surface area (TPSA) is 32.3 Å². The highest BCUT2D eigenvalue weighted by Gasteiger charge is 2.28. The number of hydrogen-bond acceptors (Lipinski definition) is 2. The molecule has 0 bridgehead atoms. The largest absolute Gasteiger partial charge is 0.391 e. The summed E-state index contributed by atoms with van der Waals surface area (Å²) >= 11 is 0.